The monoisotopic (exact) mass is 213 g/mol. The van der Waals surface area contributed by atoms with Crippen LogP contribution in [-0.2, 0) is 5.54 Å². The molecule has 78 valence electrons. The van der Waals surface area contributed by atoms with Crippen molar-refractivity contribution < 1.29 is 0 Å². The van der Waals surface area contributed by atoms with E-state index in [1.54, 1.807) is 0 Å². The Balaban J connectivity index is 2.36. The summed E-state index contributed by atoms with van der Waals surface area (Å²) >= 11 is 6.06. The first kappa shape index (κ1) is 9.97. The summed E-state index contributed by atoms with van der Waals surface area (Å²) in [4.78, 5) is 0. The van der Waals surface area contributed by atoms with Crippen LogP contribution in [0.5, 0.6) is 0 Å². The smallest absolute Gasteiger partial charge is 0.225 e. The molecule has 0 atom stereocenters. The van der Waals surface area contributed by atoms with E-state index >= 15 is 0 Å². The van der Waals surface area contributed by atoms with Gasteiger partial charge in [0.25, 0.3) is 0 Å². The van der Waals surface area contributed by atoms with Gasteiger partial charge in [-0.05, 0) is 38.3 Å². The van der Waals surface area contributed by atoms with Crippen LogP contribution in [0, 0.1) is 6.92 Å². The number of aryl methyl sites for hydroxylation is 1. The molecule has 1 aromatic heterocycles. The van der Waals surface area contributed by atoms with Crippen LogP contribution in [0.4, 0.5) is 0 Å². The van der Waals surface area contributed by atoms with Crippen LogP contribution in [0.15, 0.2) is 0 Å². The van der Waals surface area contributed by atoms with Gasteiger partial charge in [0.05, 0.1) is 0 Å². The minimum atomic E-state index is 0.142. The molecule has 0 bridgehead atoms. The van der Waals surface area contributed by atoms with Crippen LogP contribution in [-0.4, -0.2) is 14.8 Å². The summed E-state index contributed by atoms with van der Waals surface area (Å²) in [5, 5.41) is 8.47. The maximum absolute atomic E-state index is 6.06. The number of hydrogen-bond donors (Lipinski definition) is 0. The van der Waals surface area contributed by atoms with Crippen LogP contribution in [0.3, 0.4) is 0 Å². The van der Waals surface area contributed by atoms with Gasteiger partial charge < -0.3 is 0 Å². The molecule has 1 saturated carbocycles. The maximum atomic E-state index is 6.06. The standard InChI is InChI=1S/C10H16ClN3/c1-8-12-13-9(11)14(8)10(2)6-4-3-5-7-10/h3-7H2,1-2H3. The summed E-state index contributed by atoms with van der Waals surface area (Å²) in [5.74, 6) is 0.930. The molecule has 3 nitrogen and oxygen atoms in total. The second-order valence-electron chi connectivity index (χ2n) is 4.41. The molecular weight excluding hydrogens is 198 g/mol. The predicted octanol–water partition coefficient (Wildman–Crippen LogP) is 2.92. The molecule has 1 heterocycles. The Kier molecular flexibility index (Phi) is 2.52. The van der Waals surface area contributed by atoms with Gasteiger partial charge >= 0.3 is 0 Å². The summed E-state index contributed by atoms with van der Waals surface area (Å²) in [5.41, 5.74) is 0.142. The summed E-state index contributed by atoms with van der Waals surface area (Å²) in [6, 6.07) is 0. The third-order valence-corrected chi connectivity index (χ3v) is 3.50. The van der Waals surface area contributed by atoms with Gasteiger partial charge in [-0.1, -0.05) is 19.3 Å². The van der Waals surface area contributed by atoms with Gasteiger partial charge in [-0.3, -0.25) is 4.57 Å². The van der Waals surface area contributed by atoms with Gasteiger partial charge in [0, 0.05) is 5.54 Å². The summed E-state index contributed by atoms with van der Waals surface area (Å²) in [7, 11) is 0. The normalized spacial score (nSPS) is 21.1. The highest BCUT2D eigenvalue weighted by molar-refractivity contribution is 6.28. The number of rotatable bonds is 1. The highest BCUT2D eigenvalue weighted by Crippen LogP contribution is 2.36. The molecule has 1 aliphatic carbocycles. The molecule has 1 aromatic rings. The topological polar surface area (TPSA) is 30.7 Å². The van der Waals surface area contributed by atoms with Crippen molar-refractivity contribution >= 4 is 11.6 Å². The van der Waals surface area contributed by atoms with Gasteiger partial charge in [0.1, 0.15) is 5.82 Å². The first-order valence-electron chi connectivity index (χ1n) is 5.21. The van der Waals surface area contributed by atoms with Crippen molar-refractivity contribution in [1.29, 1.82) is 0 Å². The highest BCUT2D eigenvalue weighted by Gasteiger charge is 2.31. The second-order valence-corrected chi connectivity index (χ2v) is 4.75. The zero-order valence-corrected chi connectivity index (χ0v) is 9.51. The van der Waals surface area contributed by atoms with Crippen LogP contribution in [0.1, 0.15) is 44.9 Å². The minimum absolute atomic E-state index is 0.142. The molecule has 0 radical (unpaired) electrons. The van der Waals surface area contributed by atoms with Crippen molar-refractivity contribution in [2.75, 3.05) is 0 Å². The van der Waals surface area contributed by atoms with E-state index in [1.165, 1.54) is 32.1 Å². The van der Waals surface area contributed by atoms with Crippen molar-refractivity contribution in [3.05, 3.63) is 11.1 Å². The fourth-order valence-corrected chi connectivity index (χ4v) is 2.85. The molecule has 0 N–H and O–H groups in total. The van der Waals surface area contributed by atoms with Crippen LogP contribution >= 0.6 is 11.6 Å². The lowest BCUT2D eigenvalue weighted by atomic mass is 9.83. The molecular formula is C10H16ClN3. The maximum Gasteiger partial charge on any atom is 0.225 e. The number of nitrogens with zero attached hydrogens (tertiary/aromatic N) is 3. The third-order valence-electron chi connectivity index (χ3n) is 3.26. The van der Waals surface area contributed by atoms with Crippen LogP contribution in [0.2, 0.25) is 5.28 Å². The van der Waals surface area contributed by atoms with E-state index in [0.29, 0.717) is 5.28 Å². The Labute approximate surface area is 89.5 Å². The van der Waals surface area contributed by atoms with E-state index in [4.69, 9.17) is 11.6 Å². The molecule has 1 fully saturated rings. The molecule has 0 aliphatic heterocycles. The SMILES string of the molecule is Cc1nnc(Cl)n1C1(C)CCCCC1. The zero-order valence-electron chi connectivity index (χ0n) is 8.76. The average molecular weight is 214 g/mol. The van der Waals surface area contributed by atoms with Crippen LogP contribution < -0.4 is 0 Å². The van der Waals surface area contributed by atoms with Gasteiger partial charge in [0.2, 0.25) is 5.28 Å². The summed E-state index contributed by atoms with van der Waals surface area (Å²) in [6.45, 7) is 4.23. The zero-order chi connectivity index (χ0) is 10.2. The van der Waals surface area contributed by atoms with E-state index < -0.39 is 0 Å². The molecule has 0 saturated heterocycles. The number of halogens is 1. The minimum Gasteiger partial charge on any atom is -0.296 e. The molecule has 0 spiro atoms. The Morgan fingerprint density at radius 2 is 1.86 bits per heavy atom. The lowest BCUT2D eigenvalue weighted by molar-refractivity contribution is 0.215. The third kappa shape index (κ3) is 1.54. The Morgan fingerprint density at radius 1 is 1.21 bits per heavy atom. The van der Waals surface area contributed by atoms with Crippen molar-refractivity contribution in [2.24, 2.45) is 0 Å². The number of aromatic nitrogens is 3. The van der Waals surface area contributed by atoms with E-state index in [0.717, 1.165) is 5.82 Å². The first-order valence-corrected chi connectivity index (χ1v) is 5.59. The van der Waals surface area contributed by atoms with Crippen molar-refractivity contribution in [3.63, 3.8) is 0 Å². The van der Waals surface area contributed by atoms with E-state index in [9.17, 15) is 0 Å². The Morgan fingerprint density at radius 3 is 2.36 bits per heavy atom. The molecule has 2 rings (SSSR count). The lowest BCUT2D eigenvalue weighted by Gasteiger charge is -2.35. The van der Waals surface area contributed by atoms with E-state index in [2.05, 4.69) is 21.7 Å². The molecule has 4 heteroatoms. The molecule has 14 heavy (non-hydrogen) atoms. The summed E-state index contributed by atoms with van der Waals surface area (Å²) in [6.07, 6.45) is 6.28. The van der Waals surface area contributed by atoms with Crippen molar-refractivity contribution in [2.45, 2.75) is 51.5 Å². The Hall–Kier alpha value is -0.570. The largest absolute Gasteiger partial charge is 0.296 e. The predicted molar refractivity (Wildman–Crippen MR) is 56.5 cm³/mol. The van der Waals surface area contributed by atoms with E-state index in [-0.39, 0.29) is 5.54 Å². The average Bonchev–Trinajstić information content (AvgIpc) is 2.48. The highest BCUT2D eigenvalue weighted by atomic mass is 35.5. The van der Waals surface area contributed by atoms with Gasteiger partial charge in [0.15, 0.2) is 0 Å². The lowest BCUT2D eigenvalue weighted by Crippen LogP contribution is -2.33. The summed E-state index contributed by atoms with van der Waals surface area (Å²) < 4.78 is 2.09. The van der Waals surface area contributed by atoms with Gasteiger partial charge in [-0.25, -0.2) is 0 Å². The fraction of sp³-hybridized carbons (Fsp3) is 0.800. The fourth-order valence-electron chi connectivity index (χ4n) is 2.49. The molecule has 1 aliphatic rings. The first-order chi connectivity index (χ1) is 6.63. The quantitative estimate of drug-likeness (QED) is 0.718. The Bertz CT molecular complexity index is 307. The van der Waals surface area contributed by atoms with Crippen LogP contribution in [0.25, 0.3) is 0 Å². The van der Waals surface area contributed by atoms with Gasteiger partial charge in [-0.2, -0.15) is 0 Å². The van der Waals surface area contributed by atoms with Crippen molar-refractivity contribution in [3.8, 4) is 0 Å². The second kappa shape index (κ2) is 3.54. The molecule has 0 unspecified atom stereocenters. The van der Waals surface area contributed by atoms with Gasteiger partial charge in [-0.15, -0.1) is 10.2 Å². The van der Waals surface area contributed by atoms with E-state index in [1.807, 2.05) is 6.92 Å². The number of hydrogen-bond acceptors (Lipinski definition) is 2. The molecule has 0 aromatic carbocycles. The van der Waals surface area contributed by atoms with Crippen molar-refractivity contribution in [1.82, 2.24) is 14.8 Å². The molecule has 0 amide bonds.